The maximum absolute atomic E-state index is 12.8. The molecular weight excluding hydrogens is 314 g/mol. The van der Waals surface area contributed by atoms with Gasteiger partial charge in [0.15, 0.2) is 5.69 Å². The molecule has 1 heterocycles. The maximum Gasteiger partial charge on any atom is 0.276 e. The normalized spacial score (nSPS) is 14.7. The number of hydrogen-bond acceptors (Lipinski definition) is 3. The number of amides is 1. The highest BCUT2D eigenvalue weighted by Crippen LogP contribution is 2.19. The molecule has 25 heavy (non-hydrogen) atoms. The van der Waals surface area contributed by atoms with E-state index < -0.39 is 0 Å². The zero-order chi connectivity index (χ0) is 17.2. The summed E-state index contributed by atoms with van der Waals surface area (Å²) in [6.45, 7) is 0. The lowest BCUT2D eigenvalue weighted by molar-refractivity contribution is 0.0930. The molecule has 1 aromatic heterocycles. The zero-order valence-corrected chi connectivity index (χ0v) is 13.8. The Balaban J connectivity index is 1.86. The number of aromatic nitrogens is 2. The Labute approximate surface area is 145 Å². The molecule has 1 N–H and O–H groups in total. The number of fused-ring (bicyclic) bond motifs is 1. The minimum atomic E-state index is -0.382. The van der Waals surface area contributed by atoms with Gasteiger partial charge >= 0.3 is 0 Å². The molecule has 3 aromatic rings. The first-order chi connectivity index (χ1) is 12.2. The fourth-order valence-corrected chi connectivity index (χ4v) is 3.42. The lowest BCUT2D eigenvalue weighted by Crippen LogP contribution is -2.37. The fraction of sp³-hybridized carbons (Fsp3) is 0.250. The second kappa shape index (κ2) is 6.51. The lowest BCUT2D eigenvalue weighted by atomic mass is 10.1. The van der Waals surface area contributed by atoms with E-state index in [2.05, 4.69) is 10.4 Å². The first-order valence-electron chi connectivity index (χ1n) is 8.62. The van der Waals surface area contributed by atoms with Crippen molar-refractivity contribution in [3.63, 3.8) is 0 Å². The lowest BCUT2D eigenvalue weighted by Gasteiger charge is -2.14. The Morgan fingerprint density at radius 2 is 1.68 bits per heavy atom. The van der Waals surface area contributed by atoms with Crippen molar-refractivity contribution in [1.82, 2.24) is 15.1 Å². The van der Waals surface area contributed by atoms with E-state index in [0.29, 0.717) is 10.9 Å². The van der Waals surface area contributed by atoms with Gasteiger partial charge in [0.05, 0.1) is 16.6 Å². The van der Waals surface area contributed by atoms with Crippen LogP contribution in [0.3, 0.4) is 0 Å². The van der Waals surface area contributed by atoms with E-state index in [1.165, 1.54) is 0 Å². The quantitative estimate of drug-likeness (QED) is 0.801. The van der Waals surface area contributed by atoms with Crippen molar-refractivity contribution < 1.29 is 4.79 Å². The standard InChI is InChI=1S/C20H19N3O2/c24-19-16-12-6-7-13-17(16)23(15-10-2-1-3-11-15)22-18(19)20(25)21-14-8-4-5-9-14/h1-3,6-7,10-14H,4-5,8-9H2,(H,21,25). The van der Waals surface area contributed by atoms with Crippen molar-refractivity contribution in [2.24, 2.45) is 0 Å². The number of hydrogen-bond donors (Lipinski definition) is 1. The van der Waals surface area contributed by atoms with Gasteiger partial charge in [0.25, 0.3) is 5.91 Å². The van der Waals surface area contributed by atoms with Gasteiger partial charge in [-0.1, -0.05) is 43.2 Å². The fourth-order valence-electron chi connectivity index (χ4n) is 3.42. The van der Waals surface area contributed by atoms with Crippen molar-refractivity contribution in [3.8, 4) is 5.69 Å². The van der Waals surface area contributed by atoms with Gasteiger partial charge in [0.1, 0.15) is 0 Å². The molecule has 0 atom stereocenters. The Bertz CT molecular complexity index is 973. The Kier molecular flexibility index (Phi) is 4.06. The van der Waals surface area contributed by atoms with Crippen molar-refractivity contribution >= 4 is 16.8 Å². The Morgan fingerprint density at radius 1 is 1.00 bits per heavy atom. The summed E-state index contributed by atoms with van der Waals surface area (Å²) in [6, 6.07) is 16.9. The molecule has 2 aromatic carbocycles. The van der Waals surface area contributed by atoms with Crippen LogP contribution >= 0.6 is 0 Å². The molecule has 0 bridgehead atoms. The van der Waals surface area contributed by atoms with Crippen molar-refractivity contribution in [2.75, 3.05) is 0 Å². The van der Waals surface area contributed by atoms with Gasteiger partial charge in [-0.2, -0.15) is 5.10 Å². The van der Waals surface area contributed by atoms with E-state index in [1.807, 2.05) is 42.5 Å². The van der Waals surface area contributed by atoms with E-state index in [9.17, 15) is 9.59 Å². The third kappa shape index (κ3) is 2.93. The molecule has 0 unspecified atom stereocenters. The minimum absolute atomic E-state index is 0.0468. The average Bonchev–Trinajstić information content (AvgIpc) is 3.16. The minimum Gasteiger partial charge on any atom is -0.348 e. The van der Waals surface area contributed by atoms with Crippen molar-refractivity contribution in [3.05, 3.63) is 70.5 Å². The highest BCUT2D eigenvalue weighted by Gasteiger charge is 2.22. The summed E-state index contributed by atoms with van der Waals surface area (Å²) in [5, 5.41) is 7.87. The zero-order valence-electron chi connectivity index (χ0n) is 13.8. The van der Waals surface area contributed by atoms with Crippen LogP contribution in [0.1, 0.15) is 36.2 Å². The molecule has 4 rings (SSSR count). The summed E-state index contributed by atoms with van der Waals surface area (Å²) >= 11 is 0. The van der Waals surface area contributed by atoms with Gasteiger partial charge in [0, 0.05) is 6.04 Å². The molecule has 1 saturated carbocycles. The largest absolute Gasteiger partial charge is 0.348 e. The number of nitrogens with one attached hydrogen (secondary N) is 1. The van der Waals surface area contributed by atoms with Crippen LogP contribution in [0.5, 0.6) is 0 Å². The monoisotopic (exact) mass is 333 g/mol. The molecule has 0 saturated heterocycles. The third-order valence-electron chi connectivity index (χ3n) is 4.70. The molecule has 126 valence electrons. The number of nitrogens with zero attached hydrogens (tertiary/aromatic N) is 2. The Hall–Kier alpha value is -2.95. The topological polar surface area (TPSA) is 64.0 Å². The summed E-state index contributed by atoms with van der Waals surface area (Å²) in [4.78, 5) is 25.5. The van der Waals surface area contributed by atoms with Gasteiger partial charge in [0.2, 0.25) is 5.43 Å². The van der Waals surface area contributed by atoms with Gasteiger partial charge < -0.3 is 5.32 Å². The van der Waals surface area contributed by atoms with E-state index >= 15 is 0 Å². The van der Waals surface area contributed by atoms with E-state index in [0.717, 1.165) is 31.4 Å². The molecule has 1 aliphatic carbocycles. The number of rotatable bonds is 3. The van der Waals surface area contributed by atoms with Crippen LogP contribution in [-0.4, -0.2) is 21.7 Å². The summed E-state index contributed by atoms with van der Waals surface area (Å²) < 4.78 is 1.67. The van der Waals surface area contributed by atoms with Crippen LogP contribution in [0.25, 0.3) is 16.6 Å². The van der Waals surface area contributed by atoms with Gasteiger partial charge in [-0.15, -0.1) is 0 Å². The highest BCUT2D eigenvalue weighted by atomic mass is 16.2. The summed E-state index contributed by atoms with van der Waals surface area (Å²) in [5.41, 5.74) is 1.14. The molecular formula is C20H19N3O2. The molecule has 5 nitrogen and oxygen atoms in total. The second-order valence-corrected chi connectivity index (χ2v) is 6.40. The van der Waals surface area contributed by atoms with Gasteiger partial charge in [-0.05, 0) is 37.1 Å². The van der Waals surface area contributed by atoms with Gasteiger partial charge in [-0.3, -0.25) is 9.59 Å². The molecule has 0 radical (unpaired) electrons. The van der Waals surface area contributed by atoms with Crippen LogP contribution in [0.2, 0.25) is 0 Å². The van der Waals surface area contributed by atoms with Crippen LogP contribution in [0.4, 0.5) is 0 Å². The summed E-state index contributed by atoms with van der Waals surface area (Å²) in [5.74, 6) is -0.382. The van der Waals surface area contributed by atoms with Crippen LogP contribution in [-0.2, 0) is 0 Å². The second-order valence-electron chi connectivity index (χ2n) is 6.40. The first-order valence-corrected chi connectivity index (χ1v) is 8.62. The van der Waals surface area contributed by atoms with E-state index in [1.54, 1.807) is 16.8 Å². The van der Waals surface area contributed by atoms with Crippen molar-refractivity contribution in [2.45, 2.75) is 31.7 Å². The predicted octanol–water partition coefficient (Wildman–Crippen LogP) is 3.06. The molecule has 5 heteroatoms. The number of para-hydroxylation sites is 2. The van der Waals surface area contributed by atoms with E-state index in [-0.39, 0.29) is 23.1 Å². The Morgan fingerprint density at radius 3 is 2.44 bits per heavy atom. The summed E-state index contributed by atoms with van der Waals surface area (Å²) in [7, 11) is 0. The third-order valence-corrected chi connectivity index (χ3v) is 4.70. The molecule has 0 spiro atoms. The van der Waals surface area contributed by atoms with Crippen molar-refractivity contribution in [1.29, 1.82) is 0 Å². The molecule has 1 amide bonds. The number of carbonyl (C=O) groups excluding carboxylic acids is 1. The number of carbonyl (C=O) groups is 1. The predicted molar refractivity (Wildman–Crippen MR) is 97.1 cm³/mol. The SMILES string of the molecule is O=C(NC1CCCC1)c1nn(-c2ccccc2)c2ccccc2c1=O. The van der Waals surface area contributed by atoms with Gasteiger partial charge in [-0.25, -0.2) is 4.68 Å². The highest BCUT2D eigenvalue weighted by molar-refractivity contribution is 5.95. The molecule has 1 aliphatic rings. The van der Waals surface area contributed by atoms with Crippen LogP contribution < -0.4 is 10.7 Å². The summed E-state index contributed by atoms with van der Waals surface area (Å²) in [6.07, 6.45) is 4.16. The smallest absolute Gasteiger partial charge is 0.276 e. The van der Waals surface area contributed by atoms with Crippen LogP contribution in [0.15, 0.2) is 59.4 Å². The number of benzene rings is 2. The molecule has 0 aliphatic heterocycles. The van der Waals surface area contributed by atoms with Crippen LogP contribution in [0, 0.1) is 0 Å². The molecule has 1 fully saturated rings. The average molecular weight is 333 g/mol. The van der Waals surface area contributed by atoms with E-state index in [4.69, 9.17) is 0 Å². The maximum atomic E-state index is 12.8. The first kappa shape index (κ1) is 15.6.